The summed E-state index contributed by atoms with van der Waals surface area (Å²) in [4.78, 5) is 12.3. The zero-order valence-corrected chi connectivity index (χ0v) is 13.5. The Morgan fingerprint density at radius 3 is 2.65 bits per heavy atom. The highest BCUT2D eigenvalue weighted by Gasteiger charge is 2.31. The van der Waals surface area contributed by atoms with E-state index >= 15 is 0 Å². The average Bonchev–Trinajstić information content (AvgIpc) is 2.46. The molecule has 0 bridgehead atoms. The van der Waals surface area contributed by atoms with Crippen LogP contribution in [0, 0.1) is 12.3 Å². The van der Waals surface area contributed by atoms with Gasteiger partial charge in [0.15, 0.2) is 0 Å². The fourth-order valence-corrected chi connectivity index (χ4v) is 3.41. The first-order chi connectivity index (χ1) is 9.56. The Balaban J connectivity index is 2.00. The van der Waals surface area contributed by atoms with E-state index in [2.05, 4.69) is 21.2 Å². The standard InChI is InChI=1S/C16H22BrNO2/c1-12-9-13(17)5-6-14(12)15(20)18-10-16(11-19)7-3-2-4-8-16/h5-6,9,19H,2-4,7-8,10-11H2,1H3,(H,18,20). The SMILES string of the molecule is Cc1cc(Br)ccc1C(=O)NCC1(CO)CCCCC1. The fraction of sp³-hybridized carbons (Fsp3) is 0.562. The number of aliphatic hydroxyl groups is 1. The van der Waals surface area contributed by atoms with E-state index in [-0.39, 0.29) is 17.9 Å². The summed E-state index contributed by atoms with van der Waals surface area (Å²) in [6.45, 7) is 2.66. The topological polar surface area (TPSA) is 49.3 Å². The van der Waals surface area contributed by atoms with Crippen LogP contribution in [0.1, 0.15) is 48.0 Å². The van der Waals surface area contributed by atoms with Crippen LogP contribution in [0.4, 0.5) is 0 Å². The van der Waals surface area contributed by atoms with Gasteiger partial charge in [0.25, 0.3) is 5.91 Å². The number of amides is 1. The third-order valence-electron chi connectivity index (χ3n) is 4.31. The molecule has 0 atom stereocenters. The number of carbonyl (C=O) groups is 1. The van der Waals surface area contributed by atoms with Crippen molar-refractivity contribution in [3.63, 3.8) is 0 Å². The fourth-order valence-electron chi connectivity index (χ4n) is 2.94. The summed E-state index contributed by atoms with van der Waals surface area (Å²) in [5, 5.41) is 12.7. The molecule has 2 rings (SSSR count). The molecule has 1 aliphatic rings. The van der Waals surface area contributed by atoms with E-state index in [0.717, 1.165) is 35.7 Å². The number of carbonyl (C=O) groups excluding carboxylic acids is 1. The highest BCUT2D eigenvalue weighted by atomic mass is 79.9. The Morgan fingerprint density at radius 1 is 1.35 bits per heavy atom. The van der Waals surface area contributed by atoms with E-state index in [9.17, 15) is 9.90 Å². The van der Waals surface area contributed by atoms with E-state index in [1.54, 1.807) is 0 Å². The summed E-state index contributed by atoms with van der Waals surface area (Å²) in [7, 11) is 0. The lowest BCUT2D eigenvalue weighted by Crippen LogP contribution is -2.41. The van der Waals surface area contributed by atoms with Gasteiger partial charge in [0.05, 0.1) is 6.61 Å². The second-order valence-electron chi connectivity index (χ2n) is 5.86. The predicted octanol–water partition coefficient (Wildman–Crippen LogP) is 3.43. The van der Waals surface area contributed by atoms with Crippen molar-refractivity contribution in [2.24, 2.45) is 5.41 Å². The minimum Gasteiger partial charge on any atom is -0.396 e. The van der Waals surface area contributed by atoms with Crippen molar-refractivity contribution in [1.29, 1.82) is 0 Å². The van der Waals surface area contributed by atoms with E-state index in [1.807, 2.05) is 25.1 Å². The lowest BCUT2D eigenvalue weighted by Gasteiger charge is -2.35. The molecule has 0 saturated heterocycles. The maximum absolute atomic E-state index is 12.3. The minimum absolute atomic E-state index is 0.0478. The molecule has 0 unspecified atom stereocenters. The Kier molecular flexibility index (Phi) is 5.22. The van der Waals surface area contributed by atoms with Crippen molar-refractivity contribution < 1.29 is 9.90 Å². The van der Waals surface area contributed by atoms with Crippen molar-refractivity contribution in [2.45, 2.75) is 39.0 Å². The van der Waals surface area contributed by atoms with Crippen LogP contribution in [0.5, 0.6) is 0 Å². The molecule has 1 aromatic carbocycles. The van der Waals surface area contributed by atoms with Gasteiger partial charge < -0.3 is 10.4 Å². The summed E-state index contributed by atoms with van der Waals surface area (Å²) in [5.41, 5.74) is 1.55. The van der Waals surface area contributed by atoms with Crippen molar-refractivity contribution in [3.8, 4) is 0 Å². The molecule has 0 aromatic heterocycles. The lowest BCUT2D eigenvalue weighted by molar-refractivity contribution is 0.0717. The van der Waals surface area contributed by atoms with Crippen molar-refractivity contribution in [1.82, 2.24) is 5.32 Å². The highest BCUT2D eigenvalue weighted by Crippen LogP contribution is 2.35. The molecule has 1 amide bonds. The number of rotatable bonds is 4. The van der Waals surface area contributed by atoms with Crippen LogP contribution in [-0.2, 0) is 0 Å². The molecule has 2 N–H and O–H groups in total. The van der Waals surface area contributed by atoms with Gasteiger partial charge in [0.1, 0.15) is 0 Å². The predicted molar refractivity (Wildman–Crippen MR) is 83.8 cm³/mol. The van der Waals surface area contributed by atoms with Gasteiger partial charge in [0, 0.05) is 22.0 Å². The van der Waals surface area contributed by atoms with Gasteiger partial charge >= 0.3 is 0 Å². The monoisotopic (exact) mass is 339 g/mol. The van der Waals surface area contributed by atoms with Gasteiger partial charge in [-0.3, -0.25) is 4.79 Å². The molecule has 4 heteroatoms. The van der Waals surface area contributed by atoms with Crippen LogP contribution in [0.15, 0.2) is 22.7 Å². The molecule has 0 spiro atoms. The largest absolute Gasteiger partial charge is 0.396 e. The van der Waals surface area contributed by atoms with Gasteiger partial charge in [-0.1, -0.05) is 35.2 Å². The lowest BCUT2D eigenvalue weighted by atomic mass is 9.74. The van der Waals surface area contributed by atoms with Crippen LogP contribution >= 0.6 is 15.9 Å². The van der Waals surface area contributed by atoms with Crippen molar-refractivity contribution >= 4 is 21.8 Å². The quantitative estimate of drug-likeness (QED) is 0.882. The molecule has 1 aliphatic carbocycles. The van der Waals surface area contributed by atoms with Gasteiger partial charge in [-0.05, 0) is 43.5 Å². The molecular weight excluding hydrogens is 318 g/mol. The maximum atomic E-state index is 12.3. The zero-order chi connectivity index (χ0) is 14.6. The number of halogens is 1. The van der Waals surface area contributed by atoms with Crippen LogP contribution in [-0.4, -0.2) is 24.2 Å². The highest BCUT2D eigenvalue weighted by molar-refractivity contribution is 9.10. The van der Waals surface area contributed by atoms with Crippen molar-refractivity contribution in [3.05, 3.63) is 33.8 Å². The zero-order valence-electron chi connectivity index (χ0n) is 11.9. The second-order valence-corrected chi connectivity index (χ2v) is 6.78. The normalized spacial score (nSPS) is 17.8. The molecule has 1 saturated carbocycles. The molecular formula is C16H22BrNO2. The third-order valence-corrected chi connectivity index (χ3v) is 4.80. The van der Waals surface area contributed by atoms with Crippen LogP contribution in [0.3, 0.4) is 0 Å². The van der Waals surface area contributed by atoms with Gasteiger partial charge in [0.2, 0.25) is 0 Å². The first-order valence-electron chi connectivity index (χ1n) is 7.22. The smallest absolute Gasteiger partial charge is 0.251 e. The molecule has 3 nitrogen and oxygen atoms in total. The minimum atomic E-state index is -0.114. The third kappa shape index (κ3) is 3.61. The van der Waals surface area contributed by atoms with E-state index in [1.165, 1.54) is 6.42 Å². The number of aryl methyl sites for hydroxylation is 1. The number of nitrogens with one attached hydrogen (secondary N) is 1. The Bertz CT molecular complexity index is 481. The maximum Gasteiger partial charge on any atom is 0.251 e. The Morgan fingerprint density at radius 2 is 2.05 bits per heavy atom. The average molecular weight is 340 g/mol. The Hall–Kier alpha value is -0.870. The van der Waals surface area contributed by atoms with E-state index < -0.39 is 0 Å². The Labute approximate surface area is 128 Å². The summed E-state index contributed by atoms with van der Waals surface area (Å²) in [6, 6.07) is 5.66. The van der Waals surface area contributed by atoms with Gasteiger partial charge in [-0.25, -0.2) is 0 Å². The van der Waals surface area contributed by atoms with Crippen LogP contribution in [0.25, 0.3) is 0 Å². The summed E-state index contributed by atoms with van der Waals surface area (Å²) in [6.07, 6.45) is 5.54. The number of benzene rings is 1. The second kappa shape index (κ2) is 6.72. The number of aliphatic hydroxyl groups excluding tert-OH is 1. The summed E-state index contributed by atoms with van der Waals surface area (Å²) in [5.74, 6) is -0.0478. The van der Waals surface area contributed by atoms with Crippen molar-refractivity contribution in [2.75, 3.05) is 13.2 Å². The number of hydrogen-bond acceptors (Lipinski definition) is 2. The first kappa shape index (κ1) is 15.5. The number of hydrogen-bond donors (Lipinski definition) is 2. The van der Waals surface area contributed by atoms with Crippen LogP contribution < -0.4 is 5.32 Å². The molecule has 20 heavy (non-hydrogen) atoms. The molecule has 0 radical (unpaired) electrons. The molecule has 1 aromatic rings. The molecule has 0 aliphatic heterocycles. The van der Waals surface area contributed by atoms with E-state index in [4.69, 9.17) is 0 Å². The molecule has 1 fully saturated rings. The summed E-state index contributed by atoms with van der Waals surface area (Å²) >= 11 is 3.40. The van der Waals surface area contributed by atoms with E-state index in [0.29, 0.717) is 12.1 Å². The first-order valence-corrected chi connectivity index (χ1v) is 8.01. The summed E-state index contributed by atoms with van der Waals surface area (Å²) < 4.78 is 0.977. The van der Waals surface area contributed by atoms with Crippen LogP contribution in [0.2, 0.25) is 0 Å². The molecule has 110 valence electrons. The van der Waals surface area contributed by atoms with Gasteiger partial charge in [-0.15, -0.1) is 0 Å². The van der Waals surface area contributed by atoms with Gasteiger partial charge in [-0.2, -0.15) is 0 Å². The molecule has 0 heterocycles.